The van der Waals surface area contributed by atoms with Crippen molar-refractivity contribution in [3.05, 3.63) is 91.9 Å². The maximum atomic E-state index is 6.52. The summed E-state index contributed by atoms with van der Waals surface area (Å²) in [5, 5.41) is 11.5. The number of rotatable bonds is 2. The van der Waals surface area contributed by atoms with Gasteiger partial charge in [0.15, 0.2) is 24.0 Å². The summed E-state index contributed by atoms with van der Waals surface area (Å²) in [4.78, 5) is 4.25. The number of amidine groups is 2. The van der Waals surface area contributed by atoms with Gasteiger partial charge in [-0.05, 0) is 48.5 Å². The molecule has 3 aromatic rings. The number of benzene rings is 3. The number of nitrogens with zero attached hydrogens (tertiary/aromatic N) is 4. The highest BCUT2D eigenvalue weighted by Crippen LogP contribution is 2.43. The monoisotopic (exact) mass is 502 g/mol. The summed E-state index contributed by atoms with van der Waals surface area (Å²) in [6, 6.07) is 18.9. The number of hydrogen-bond donors (Lipinski definition) is 2. The Labute approximate surface area is 204 Å². The Bertz CT molecular complexity index is 1220. The lowest BCUT2D eigenvalue weighted by Gasteiger charge is -2.43. The van der Waals surface area contributed by atoms with E-state index in [0.29, 0.717) is 31.8 Å². The third-order valence-electron chi connectivity index (χ3n) is 5.66. The fourth-order valence-corrected chi connectivity index (χ4v) is 5.27. The first kappa shape index (κ1) is 20.0. The zero-order chi connectivity index (χ0) is 22.0. The number of hydrogen-bond acceptors (Lipinski definition) is 6. The van der Waals surface area contributed by atoms with Gasteiger partial charge in [-0.1, -0.05) is 58.5 Å². The molecule has 2 atom stereocenters. The largest absolute Gasteiger partial charge is 0.296 e. The molecule has 2 N–H and O–H groups in total. The topological polar surface area (TPSA) is 55.3 Å². The predicted molar refractivity (Wildman–Crippen MR) is 131 cm³/mol. The standard InChI is InChI=1S/C22H14Cl4N6/c23-11-5-7-13(15(25)9-11)19-27-29-21-22-30-28-20(14-8-6-12(24)10-16(14)26)32(22)18-4-2-1-3-17(18)31(19)21/h1-10,21-22,29-30H. The lowest BCUT2D eigenvalue weighted by Crippen LogP contribution is -2.62. The lowest BCUT2D eigenvalue weighted by atomic mass is 10.0. The molecule has 3 heterocycles. The van der Waals surface area contributed by atoms with Crippen LogP contribution in [-0.2, 0) is 0 Å². The summed E-state index contributed by atoms with van der Waals surface area (Å²) in [5.74, 6) is 1.42. The zero-order valence-electron chi connectivity index (χ0n) is 16.2. The van der Waals surface area contributed by atoms with Gasteiger partial charge in [0.05, 0.1) is 21.4 Å². The highest BCUT2D eigenvalue weighted by atomic mass is 35.5. The molecular formula is C22H14Cl4N6. The average Bonchev–Trinajstić information content (AvgIpc) is 3.39. The number of halogens is 4. The Morgan fingerprint density at radius 1 is 0.625 bits per heavy atom. The van der Waals surface area contributed by atoms with Gasteiger partial charge in [-0.2, -0.15) is 10.2 Å². The van der Waals surface area contributed by atoms with Crippen LogP contribution in [0, 0.1) is 0 Å². The molecule has 32 heavy (non-hydrogen) atoms. The molecule has 0 aromatic heterocycles. The average molecular weight is 504 g/mol. The van der Waals surface area contributed by atoms with E-state index in [1.54, 1.807) is 24.3 Å². The summed E-state index contributed by atoms with van der Waals surface area (Å²) < 4.78 is 0. The Morgan fingerprint density at radius 2 is 1.06 bits per heavy atom. The van der Waals surface area contributed by atoms with Crippen LogP contribution in [0.4, 0.5) is 11.4 Å². The second-order valence-electron chi connectivity index (χ2n) is 7.50. The minimum Gasteiger partial charge on any atom is -0.296 e. The second-order valence-corrected chi connectivity index (χ2v) is 9.18. The van der Waals surface area contributed by atoms with Crippen molar-refractivity contribution in [2.45, 2.75) is 12.3 Å². The Kier molecular flexibility index (Phi) is 4.66. The zero-order valence-corrected chi connectivity index (χ0v) is 19.3. The van der Waals surface area contributed by atoms with Crippen molar-refractivity contribution in [3.63, 3.8) is 0 Å². The molecule has 3 aliphatic heterocycles. The summed E-state index contributed by atoms with van der Waals surface area (Å²) in [6.45, 7) is 0. The third-order valence-corrected chi connectivity index (χ3v) is 6.76. The molecular weight excluding hydrogens is 490 g/mol. The van der Waals surface area contributed by atoms with Gasteiger partial charge in [-0.3, -0.25) is 20.7 Å². The summed E-state index contributed by atoms with van der Waals surface area (Å²) >= 11 is 25.3. The molecule has 6 nitrogen and oxygen atoms in total. The Hall–Kier alpha value is -2.64. The van der Waals surface area contributed by atoms with E-state index in [4.69, 9.17) is 46.4 Å². The fraction of sp³-hybridized carbons (Fsp3) is 0.0909. The fourth-order valence-electron chi connectivity index (χ4n) is 4.29. The normalized spacial score (nSPS) is 20.6. The van der Waals surface area contributed by atoms with Crippen molar-refractivity contribution in [2.75, 3.05) is 9.80 Å². The van der Waals surface area contributed by atoms with Gasteiger partial charge in [0.1, 0.15) is 0 Å². The van der Waals surface area contributed by atoms with Crippen molar-refractivity contribution >= 4 is 69.4 Å². The highest BCUT2D eigenvalue weighted by molar-refractivity contribution is 6.39. The molecule has 0 saturated heterocycles. The molecule has 3 aromatic carbocycles. The number of hydrazone groups is 2. The molecule has 160 valence electrons. The summed E-state index contributed by atoms with van der Waals surface area (Å²) in [6.07, 6.45) is -0.474. The predicted octanol–water partition coefficient (Wildman–Crippen LogP) is 5.51. The van der Waals surface area contributed by atoms with Crippen LogP contribution in [0.5, 0.6) is 0 Å². The second kappa shape index (κ2) is 7.46. The molecule has 0 saturated carbocycles. The smallest absolute Gasteiger partial charge is 0.163 e. The van der Waals surface area contributed by atoms with E-state index in [9.17, 15) is 0 Å². The van der Waals surface area contributed by atoms with Crippen LogP contribution in [0.15, 0.2) is 70.9 Å². The molecule has 0 spiro atoms. The third kappa shape index (κ3) is 2.94. The molecule has 0 radical (unpaired) electrons. The van der Waals surface area contributed by atoms with Gasteiger partial charge < -0.3 is 0 Å². The first-order valence-electron chi connectivity index (χ1n) is 9.78. The molecule has 3 aliphatic rings. The van der Waals surface area contributed by atoms with Crippen LogP contribution in [0.2, 0.25) is 20.1 Å². The van der Waals surface area contributed by atoms with Crippen LogP contribution in [0.1, 0.15) is 11.1 Å². The van der Waals surface area contributed by atoms with E-state index in [0.717, 1.165) is 22.5 Å². The summed E-state index contributed by atoms with van der Waals surface area (Å²) in [5.41, 5.74) is 9.99. The summed E-state index contributed by atoms with van der Waals surface area (Å²) in [7, 11) is 0. The van der Waals surface area contributed by atoms with Crippen LogP contribution < -0.4 is 20.7 Å². The van der Waals surface area contributed by atoms with E-state index < -0.39 is 0 Å². The Morgan fingerprint density at radius 3 is 1.47 bits per heavy atom. The lowest BCUT2D eigenvalue weighted by molar-refractivity contribution is 0.423. The first-order chi connectivity index (χ1) is 15.5. The van der Waals surface area contributed by atoms with Gasteiger partial charge >= 0.3 is 0 Å². The van der Waals surface area contributed by atoms with Crippen LogP contribution >= 0.6 is 46.4 Å². The molecule has 0 amide bonds. The van der Waals surface area contributed by atoms with Gasteiger partial charge in [0.2, 0.25) is 0 Å². The van der Waals surface area contributed by atoms with Crippen molar-refractivity contribution < 1.29 is 0 Å². The van der Waals surface area contributed by atoms with Crippen LogP contribution in [0.3, 0.4) is 0 Å². The van der Waals surface area contributed by atoms with Gasteiger partial charge in [0, 0.05) is 21.2 Å². The molecule has 0 bridgehead atoms. The van der Waals surface area contributed by atoms with E-state index in [1.807, 2.05) is 36.4 Å². The molecule has 2 unspecified atom stereocenters. The van der Waals surface area contributed by atoms with Crippen molar-refractivity contribution in [3.8, 4) is 0 Å². The van der Waals surface area contributed by atoms with Crippen LogP contribution in [0.25, 0.3) is 0 Å². The highest BCUT2D eigenvalue weighted by Gasteiger charge is 2.49. The van der Waals surface area contributed by atoms with Crippen molar-refractivity contribution in [1.29, 1.82) is 0 Å². The quantitative estimate of drug-likeness (QED) is 0.484. The maximum Gasteiger partial charge on any atom is 0.163 e. The number of fused-ring (bicyclic) bond motifs is 6. The van der Waals surface area contributed by atoms with Gasteiger partial charge in [-0.15, -0.1) is 0 Å². The van der Waals surface area contributed by atoms with Crippen LogP contribution in [-0.4, -0.2) is 24.0 Å². The van der Waals surface area contributed by atoms with E-state index in [2.05, 4.69) is 30.9 Å². The van der Waals surface area contributed by atoms with Crippen molar-refractivity contribution in [2.24, 2.45) is 10.2 Å². The number of nitrogens with one attached hydrogen (secondary N) is 2. The SMILES string of the molecule is Clc1ccc(C2=NNC3C4NN=C(c5ccc(Cl)cc5Cl)N4c4ccccc4N23)c(Cl)c1. The van der Waals surface area contributed by atoms with Gasteiger partial charge in [0.25, 0.3) is 0 Å². The van der Waals surface area contributed by atoms with E-state index >= 15 is 0 Å². The minimum atomic E-state index is -0.237. The van der Waals surface area contributed by atoms with E-state index in [-0.39, 0.29) is 12.3 Å². The Balaban J connectivity index is 1.47. The molecule has 10 heteroatoms. The molecule has 6 rings (SSSR count). The molecule has 0 fully saturated rings. The minimum absolute atomic E-state index is 0.237. The molecule has 0 aliphatic carbocycles. The number of anilines is 2. The first-order valence-corrected chi connectivity index (χ1v) is 11.3. The number of para-hydroxylation sites is 2. The maximum absolute atomic E-state index is 6.52. The van der Waals surface area contributed by atoms with Gasteiger partial charge in [-0.25, -0.2) is 0 Å². The van der Waals surface area contributed by atoms with E-state index in [1.165, 1.54) is 0 Å². The van der Waals surface area contributed by atoms with Crippen molar-refractivity contribution in [1.82, 2.24) is 10.9 Å².